The Balaban J connectivity index is 2.54. The molecule has 0 aromatic rings. The van der Waals surface area contributed by atoms with Gasteiger partial charge >= 0.3 is 6.03 Å². The molecule has 0 aliphatic carbocycles. The van der Waals surface area contributed by atoms with Crippen molar-refractivity contribution in [3.63, 3.8) is 0 Å². The van der Waals surface area contributed by atoms with Crippen LogP contribution in [0.1, 0.15) is 33.1 Å². The van der Waals surface area contributed by atoms with Crippen molar-refractivity contribution >= 4 is 23.8 Å². The maximum atomic E-state index is 12.0. The lowest BCUT2D eigenvalue weighted by Crippen LogP contribution is -2.49. The average Bonchev–Trinajstić information content (AvgIpc) is 2.73. The van der Waals surface area contributed by atoms with Gasteiger partial charge in [-0.1, -0.05) is 13.8 Å². The summed E-state index contributed by atoms with van der Waals surface area (Å²) in [5.74, 6) is -1.33. The van der Waals surface area contributed by atoms with Gasteiger partial charge in [-0.05, 0) is 18.8 Å². The summed E-state index contributed by atoms with van der Waals surface area (Å²) in [4.78, 5) is 47.5. The van der Waals surface area contributed by atoms with E-state index in [1.165, 1.54) is 0 Å². The van der Waals surface area contributed by atoms with Crippen molar-refractivity contribution < 1.29 is 24.3 Å². The van der Waals surface area contributed by atoms with E-state index >= 15 is 0 Å². The van der Waals surface area contributed by atoms with Gasteiger partial charge in [-0.2, -0.15) is 0 Å². The molecule has 130 valence electrons. The molecule has 5 N–H and O–H groups in total. The van der Waals surface area contributed by atoms with Gasteiger partial charge < -0.3 is 21.5 Å². The van der Waals surface area contributed by atoms with E-state index in [1.54, 1.807) is 0 Å². The molecule has 9 heteroatoms. The quantitative estimate of drug-likeness (QED) is 0.307. The first-order chi connectivity index (χ1) is 10.8. The highest BCUT2D eigenvalue weighted by Crippen LogP contribution is 2.14. The zero-order valence-corrected chi connectivity index (χ0v) is 13.4. The number of urea groups is 1. The molecule has 1 saturated heterocycles. The number of aliphatic hydroxyl groups is 1. The lowest BCUT2D eigenvalue weighted by molar-refractivity contribution is -0.135. The number of amides is 5. The standard InChI is InChI=1S/C14H24N4O5/c1-8(2)6-11(20)16-5-3-4-10(12(15)21)18-13(22)9(7-19)17-14(18)23/h8-10,19H,3-7H2,1-2H3,(H2,15,21)(H,16,20)(H,17,23). The Kier molecular flexibility index (Phi) is 6.95. The van der Waals surface area contributed by atoms with Crippen molar-refractivity contribution in [2.75, 3.05) is 13.2 Å². The van der Waals surface area contributed by atoms with Crippen LogP contribution in [0.5, 0.6) is 0 Å². The summed E-state index contributed by atoms with van der Waals surface area (Å²) in [6.45, 7) is 3.63. The molecule has 2 atom stereocenters. The number of carbonyl (C=O) groups excluding carboxylic acids is 4. The Bertz CT molecular complexity index is 480. The van der Waals surface area contributed by atoms with Crippen LogP contribution < -0.4 is 16.4 Å². The molecule has 1 aliphatic rings. The summed E-state index contributed by atoms with van der Waals surface area (Å²) in [6, 6.07) is -2.89. The van der Waals surface area contributed by atoms with Gasteiger partial charge in [-0.25, -0.2) is 9.69 Å². The van der Waals surface area contributed by atoms with E-state index in [0.717, 1.165) is 4.90 Å². The van der Waals surface area contributed by atoms with Crippen molar-refractivity contribution in [3.8, 4) is 0 Å². The summed E-state index contributed by atoms with van der Waals surface area (Å²) in [6.07, 6.45) is 0.942. The zero-order chi connectivity index (χ0) is 17.6. The average molecular weight is 328 g/mol. The molecular formula is C14H24N4O5. The first-order valence-corrected chi connectivity index (χ1v) is 7.58. The van der Waals surface area contributed by atoms with Gasteiger partial charge in [-0.3, -0.25) is 14.4 Å². The number of hydrogen-bond donors (Lipinski definition) is 4. The predicted octanol–water partition coefficient (Wildman–Crippen LogP) is -1.30. The van der Waals surface area contributed by atoms with E-state index in [1.807, 2.05) is 13.8 Å². The van der Waals surface area contributed by atoms with Gasteiger partial charge in [0, 0.05) is 13.0 Å². The lowest BCUT2D eigenvalue weighted by atomic mass is 10.1. The fourth-order valence-electron chi connectivity index (χ4n) is 2.33. The topological polar surface area (TPSA) is 142 Å². The van der Waals surface area contributed by atoms with E-state index < -0.39 is 36.5 Å². The highest BCUT2D eigenvalue weighted by Gasteiger charge is 2.43. The number of nitrogens with one attached hydrogen (secondary N) is 2. The number of carbonyl (C=O) groups is 4. The number of imide groups is 1. The second-order valence-electron chi connectivity index (χ2n) is 5.90. The molecule has 0 radical (unpaired) electrons. The van der Waals surface area contributed by atoms with Gasteiger partial charge in [0.1, 0.15) is 12.1 Å². The van der Waals surface area contributed by atoms with Gasteiger partial charge in [0.2, 0.25) is 11.8 Å². The molecule has 1 fully saturated rings. The summed E-state index contributed by atoms with van der Waals surface area (Å²) in [7, 11) is 0. The maximum absolute atomic E-state index is 12.0. The van der Waals surface area contributed by atoms with Crippen molar-refractivity contribution in [1.29, 1.82) is 0 Å². The summed E-state index contributed by atoms with van der Waals surface area (Å²) < 4.78 is 0. The van der Waals surface area contributed by atoms with Crippen LogP contribution in [0.15, 0.2) is 0 Å². The molecule has 1 heterocycles. The highest BCUT2D eigenvalue weighted by molar-refractivity contribution is 6.07. The van der Waals surface area contributed by atoms with E-state index in [0.29, 0.717) is 19.4 Å². The summed E-state index contributed by atoms with van der Waals surface area (Å²) in [5, 5.41) is 14.0. The van der Waals surface area contributed by atoms with E-state index in [9.17, 15) is 19.2 Å². The molecule has 0 aromatic carbocycles. The van der Waals surface area contributed by atoms with Crippen LogP contribution in [0.4, 0.5) is 4.79 Å². The van der Waals surface area contributed by atoms with Crippen molar-refractivity contribution in [3.05, 3.63) is 0 Å². The molecule has 0 saturated carbocycles. The zero-order valence-electron chi connectivity index (χ0n) is 13.4. The molecule has 5 amide bonds. The van der Waals surface area contributed by atoms with Crippen LogP contribution in [0.2, 0.25) is 0 Å². The van der Waals surface area contributed by atoms with Gasteiger partial charge in [0.15, 0.2) is 0 Å². The summed E-state index contributed by atoms with van der Waals surface area (Å²) in [5.41, 5.74) is 5.27. The van der Waals surface area contributed by atoms with Gasteiger partial charge in [0.25, 0.3) is 5.91 Å². The number of nitrogens with zero attached hydrogens (tertiary/aromatic N) is 1. The van der Waals surface area contributed by atoms with E-state index in [4.69, 9.17) is 10.8 Å². The van der Waals surface area contributed by atoms with Gasteiger partial charge in [-0.15, -0.1) is 0 Å². The first kappa shape index (κ1) is 18.9. The van der Waals surface area contributed by atoms with Crippen LogP contribution in [0.25, 0.3) is 0 Å². The second kappa shape index (κ2) is 8.47. The molecule has 2 unspecified atom stereocenters. The molecule has 0 aromatic heterocycles. The minimum absolute atomic E-state index is 0.0917. The fraction of sp³-hybridized carbons (Fsp3) is 0.714. The number of hydrogen-bond acceptors (Lipinski definition) is 5. The Morgan fingerprint density at radius 2 is 2.04 bits per heavy atom. The fourth-order valence-corrected chi connectivity index (χ4v) is 2.33. The lowest BCUT2D eigenvalue weighted by Gasteiger charge is -2.22. The largest absolute Gasteiger partial charge is 0.394 e. The first-order valence-electron chi connectivity index (χ1n) is 7.58. The minimum Gasteiger partial charge on any atom is -0.394 e. The second-order valence-corrected chi connectivity index (χ2v) is 5.90. The van der Waals surface area contributed by atoms with Crippen LogP contribution in [-0.2, 0) is 14.4 Å². The highest BCUT2D eigenvalue weighted by atomic mass is 16.3. The number of rotatable bonds is 9. The molecule has 1 aliphatic heterocycles. The molecule has 23 heavy (non-hydrogen) atoms. The Hall–Kier alpha value is -2.16. The Morgan fingerprint density at radius 3 is 2.52 bits per heavy atom. The maximum Gasteiger partial charge on any atom is 0.325 e. The van der Waals surface area contributed by atoms with Crippen LogP contribution >= 0.6 is 0 Å². The SMILES string of the molecule is CC(C)CC(=O)NCCCC(C(N)=O)N1C(=O)NC(CO)C1=O. The third-order valence-electron chi connectivity index (χ3n) is 3.44. The van der Waals surface area contributed by atoms with Crippen LogP contribution in [0.3, 0.4) is 0 Å². The molecular weight excluding hydrogens is 304 g/mol. The number of nitrogens with two attached hydrogens (primary N) is 1. The third-order valence-corrected chi connectivity index (χ3v) is 3.44. The number of primary amides is 1. The van der Waals surface area contributed by atoms with Crippen molar-refractivity contribution in [2.45, 2.75) is 45.2 Å². The smallest absolute Gasteiger partial charge is 0.325 e. The molecule has 0 bridgehead atoms. The van der Waals surface area contributed by atoms with E-state index in [-0.39, 0.29) is 18.2 Å². The normalized spacial score (nSPS) is 19.0. The van der Waals surface area contributed by atoms with Crippen molar-refractivity contribution in [2.24, 2.45) is 11.7 Å². The van der Waals surface area contributed by atoms with Gasteiger partial charge in [0.05, 0.1) is 6.61 Å². The monoisotopic (exact) mass is 328 g/mol. The van der Waals surface area contributed by atoms with Crippen LogP contribution in [0, 0.1) is 5.92 Å². The van der Waals surface area contributed by atoms with Crippen molar-refractivity contribution in [1.82, 2.24) is 15.5 Å². The Labute approximate surface area is 134 Å². The summed E-state index contributed by atoms with van der Waals surface area (Å²) >= 11 is 0. The third kappa shape index (κ3) is 5.20. The van der Waals surface area contributed by atoms with Crippen LogP contribution in [-0.4, -0.2) is 59.0 Å². The number of aliphatic hydroxyl groups excluding tert-OH is 1. The molecule has 0 spiro atoms. The minimum atomic E-state index is -1.10. The Morgan fingerprint density at radius 1 is 1.39 bits per heavy atom. The molecule has 9 nitrogen and oxygen atoms in total. The predicted molar refractivity (Wildman–Crippen MR) is 80.9 cm³/mol. The van der Waals surface area contributed by atoms with E-state index in [2.05, 4.69) is 10.6 Å². The molecule has 1 rings (SSSR count).